The molecule has 7 heteroatoms. The molecule has 2 aliphatic heterocycles. The molecule has 0 unspecified atom stereocenters. The second-order valence-electron chi connectivity index (χ2n) is 6.42. The van der Waals surface area contributed by atoms with Gasteiger partial charge in [-0.15, -0.1) is 0 Å². The zero-order chi connectivity index (χ0) is 19.0. The van der Waals surface area contributed by atoms with Crippen LogP contribution in [-0.2, 0) is 4.79 Å². The van der Waals surface area contributed by atoms with E-state index in [4.69, 9.17) is 16.3 Å². The molecule has 0 atom stereocenters. The van der Waals surface area contributed by atoms with Gasteiger partial charge in [0.25, 0.3) is 11.8 Å². The fourth-order valence-electron chi connectivity index (χ4n) is 3.42. The molecule has 0 radical (unpaired) electrons. The third-order valence-electron chi connectivity index (χ3n) is 4.74. The number of anilines is 1. The SMILES string of the molecule is O=C1c2ccccc2C(=O)N1CCCC(=O)N1CCOc2ccc(Cl)cc21. The molecule has 2 aliphatic rings. The van der Waals surface area contributed by atoms with Gasteiger partial charge in [-0.25, -0.2) is 0 Å². The Morgan fingerprint density at radius 3 is 2.48 bits per heavy atom. The number of rotatable bonds is 4. The normalized spacial score (nSPS) is 15.4. The lowest BCUT2D eigenvalue weighted by molar-refractivity contribution is -0.119. The highest BCUT2D eigenvalue weighted by Gasteiger charge is 2.34. The molecule has 0 spiro atoms. The Kier molecular flexibility index (Phi) is 4.58. The van der Waals surface area contributed by atoms with Gasteiger partial charge in [-0.3, -0.25) is 19.3 Å². The molecule has 3 amide bonds. The second kappa shape index (κ2) is 7.04. The number of carbonyl (C=O) groups is 3. The monoisotopic (exact) mass is 384 g/mol. The molecule has 0 bridgehead atoms. The van der Waals surface area contributed by atoms with Gasteiger partial charge >= 0.3 is 0 Å². The highest BCUT2D eigenvalue weighted by Crippen LogP contribution is 2.34. The second-order valence-corrected chi connectivity index (χ2v) is 6.85. The molecule has 0 saturated carbocycles. The van der Waals surface area contributed by atoms with Crippen LogP contribution in [0.2, 0.25) is 5.02 Å². The van der Waals surface area contributed by atoms with Crippen molar-refractivity contribution in [3.63, 3.8) is 0 Å². The van der Waals surface area contributed by atoms with Gasteiger partial charge in [-0.05, 0) is 36.8 Å². The zero-order valence-electron chi connectivity index (χ0n) is 14.5. The van der Waals surface area contributed by atoms with E-state index in [2.05, 4.69) is 0 Å². The molecule has 4 rings (SSSR count). The van der Waals surface area contributed by atoms with E-state index in [1.165, 1.54) is 4.90 Å². The maximum Gasteiger partial charge on any atom is 0.261 e. The summed E-state index contributed by atoms with van der Waals surface area (Å²) in [7, 11) is 0. The van der Waals surface area contributed by atoms with E-state index in [1.807, 2.05) is 0 Å². The molecule has 2 aromatic rings. The van der Waals surface area contributed by atoms with Crippen LogP contribution in [0, 0.1) is 0 Å². The smallest absolute Gasteiger partial charge is 0.261 e. The molecule has 0 fully saturated rings. The van der Waals surface area contributed by atoms with Crippen LogP contribution in [0.15, 0.2) is 42.5 Å². The summed E-state index contributed by atoms with van der Waals surface area (Å²) in [5, 5.41) is 0.531. The largest absolute Gasteiger partial charge is 0.490 e. The molecule has 2 aromatic carbocycles. The molecular weight excluding hydrogens is 368 g/mol. The Labute approximate surface area is 161 Å². The Hall–Kier alpha value is -2.86. The number of nitrogens with zero attached hydrogens (tertiary/aromatic N) is 2. The minimum absolute atomic E-state index is 0.0848. The fourth-order valence-corrected chi connectivity index (χ4v) is 3.58. The van der Waals surface area contributed by atoms with Gasteiger partial charge in [0, 0.05) is 18.0 Å². The van der Waals surface area contributed by atoms with E-state index in [-0.39, 0.29) is 30.7 Å². The van der Waals surface area contributed by atoms with Crippen molar-refractivity contribution in [1.82, 2.24) is 4.90 Å². The molecule has 138 valence electrons. The molecule has 27 heavy (non-hydrogen) atoms. The Balaban J connectivity index is 1.40. The molecule has 0 saturated heterocycles. The first-order valence-electron chi connectivity index (χ1n) is 8.74. The van der Waals surface area contributed by atoms with Crippen LogP contribution in [0.3, 0.4) is 0 Å². The maximum atomic E-state index is 12.7. The third kappa shape index (κ3) is 3.17. The molecular formula is C20H17ClN2O4. The summed E-state index contributed by atoms with van der Waals surface area (Å²) in [6, 6.07) is 11.9. The van der Waals surface area contributed by atoms with E-state index in [0.29, 0.717) is 47.2 Å². The summed E-state index contributed by atoms with van der Waals surface area (Å²) in [4.78, 5) is 40.3. The summed E-state index contributed by atoms with van der Waals surface area (Å²) in [6.07, 6.45) is 0.622. The predicted octanol–water partition coefficient (Wildman–Crippen LogP) is 3.14. The molecule has 0 aromatic heterocycles. The topological polar surface area (TPSA) is 66.9 Å². The Morgan fingerprint density at radius 1 is 1.07 bits per heavy atom. The van der Waals surface area contributed by atoms with E-state index < -0.39 is 0 Å². The van der Waals surface area contributed by atoms with Crippen LogP contribution in [0.1, 0.15) is 33.6 Å². The van der Waals surface area contributed by atoms with Gasteiger partial charge in [0.05, 0.1) is 23.4 Å². The molecule has 6 nitrogen and oxygen atoms in total. The van der Waals surface area contributed by atoms with Crippen molar-refractivity contribution in [2.45, 2.75) is 12.8 Å². The van der Waals surface area contributed by atoms with Crippen LogP contribution >= 0.6 is 11.6 Å². The number of hydrogen-bond acceptors (Lipinski definition) is 4. The van der Waals surface area contributed by atoms with E-state index in [0.717, 1.165) is 0 Å². The summed E-state index contributed by atoms with van der Waals surface area (Å²) in [5.74, 6) is -0.0594. The zero-order valence-corrected chi connectivity index (χ0v) is 15.2. The van der Waals surface area contributed by atoms with Crippen molar-refractivity contribution in [2.24, 2.45) is 0 Å². The van der Waals surface area contributed by atoms with Crippen molar-refractivity contribution in [2.75, 3.05) is 24.6 Å². The quantitative estimate of drug-likeness (QED) is 0.759. The fraction of sp³-hybridized carbons (Fsp3) is 0.250. The number of fused-ring (bicyclic) bond motifs is 2. The van der Waals surface area contributed by atoms with Crippen LogP contribution < -0.4 is 9.64 Å². The summed E-state index contributed by atoms with van der Waals surface area (Å²) in [6.45, 7) is 1.07. The number of benzene rings is 2. The van der Waals surface area contributed by atoms with Gasteiger partial charge in [0.2, 0.25) is 5.91 Å². The Morgan fingerprint density at radius 2 is 1.78 bits per heavy atom. The summed E-state index contributed by atoms with van der Waals surface area (Å²) in [5.41, 5.74) is 1.50. The molecule has 0 N–H and O–H groups in total. The van der Waals surface area contributed by atoms with Crippen LogP contribution in [0.4, 0.5) is 5.69 Å². The standard InChI is InChI=1S/C20H17ClN2O4/c21-13-7-8-17-16(12-13)22(10-11-27-17)18(24)6-3-9-23-19(25)14-4-1-2-5-15(14)20(23)26/h1-2,4-5,7-8,12H,3,6,9-11H2. The Bertz CT molecular complexity index is 908. The van der Waals surface area contributed by atoms with Gasteiger partial charge in [-0.2, -0.15) is 0 Å². The minimum atomic E-state index is -0.299. The first-order chi connectivity index (χ1) is 13.1. The lowest BCUT2D eigenvalue weighted by atomic mass is 10.1. The summed E-state index contributed by atoms with van der Waals surface area (Å²) < 4.78 is 5.56. The lowest BCUT2D eigenvalue weighted by Crippen LogP contribution is -2.38. The number of hydrogen-bond donors (Lipinski definition) is 0. The summed E-state index contributed by atoms with van der Waals surface area (Å²) >= 11 is 6.04. The van der Waals surface area contributed by atoms with Gasteiger partial charge in [0.1, 0.15) is 12.4 Å². The number of imide groups is 1. The van der Waals surface area contributed by atoms with E-state index in [1.54, 1.807) is 47.4 Å². The first kappa shape index (κ1) is 17.5. The number of amides is 3. The lowest BCUT2D eigenvalue weighted by Gasteiger charge is -2.30. The van der Waals surface area contributed by atoms with E-state index in [9.17, 15) is 14.4 Å². The van der Waals surface area contributed by atoms with Crippen LogP contribution in [0.5, 0.6) is 5.75 Å². The highest BCUT2D eigenvalue weighted by atomic mass is 35.5. The van der Waals surface area contributed by atoms with Gasteiger partial charge in [0.15, 0.2) is 0 Å². The van der Waals surface area contributed by atoms with Crippen molar-refractivity contribution in [1.29, 1.82) is 0 Å². The average molecular weight is 385 g/mol. The molecule has 0 aliphatic carbocycles. The van der Waals surface area contributed by atoms with Crippen molar-refractivity contribution in [3.8, 4) is 5.75 Å². The first-order valence-corrected chi connectivity index (χ1v) is 9.12. The number of halogens is 1. The average Bonchev–Trinajstić information content (AvgIpc) is 2.92. The number of carbonyl (C=O) groups excluding carboxylic acids is 3. The van der Waals surface area contributed by atoms with E-state index >= 15 is 0 Å². The minimum Gasteiger partial charge on any atom is -0.490 e. The third-order valence-corrected chi connectivity index (χ3v) is 4.97. The van der Waals surface area contributed by atoms with Gasteiger partial charge < -0.3 is 9.64 Å². The van der Waals surface area contributed by atoms with Gasteiger partial charge in [-0.1, -0.05) is 23.7 Å². The van der Waals surface area contributed by atoms with Crippen molar-refractivity contribution in [3.05, 3.63) is 58.6 Å². The van der Waals surface area contributed by atoms with Crippen molar-refractivity contribution >= 4 is 35.0 Å². The number of ether oxygens (including phenoxy) is 1. The predicted molar refractivity (Wildman–Crippen MR) is 100 cm³/mol. The van der Waals surface area contributed by atoms with Crippen LogP contribution in [0.25, 0.3) is 0 Å². The molecule has 2 heterocycles. The van der Waals surface area contributed by atoms with Crippen LogP contribution in [-0.4, -0.2) is 42.3 Å². The highest BCUT2D eigenvalue weighted by molar-refractivity contribution is 6.31. The maximum absolute atomic E-state index is 12.7. The van der Waals surface area contributed by atoms with Crippen molar-refractivity contribution < 1.29 is 19.1 Å².